The Morgan fingerprint density at radius 2 is 1.81 bits per heavy atom. The van der Waals surface area contributed by atoms with E-state index < -0.39 is 17.9 Å². The average Bonchev–Trinajstić information content (AvgIpc) is 2.75. The summed E-state index contributed by atoms with van der Waals surface area (Å²) in [6.07, 6.45) is 0.466. The van der Waals surface area contributed by atoms with Crippen molar-refractivity contribution in [2.75, 3.05) is 52.9 Å². The number of carbonyl (C=O) groups is 3. The summed E-state index contributed by atoms with van der Waals surface area (Å²) in [6.45, 7) is 6.57. The molecule has 1 aliphatic heterocycles. The second-order valence-electron chi connectivity index (χ2n) is 7.73. The number of nitrogens with one attached hydrogen (secondary N) is 1. The van der Waals surface area contributed by atoms with Crippen LogP contribution in [0.15, 0.2) is 30.3 Å². The molecule has 0 saturated carbocycles. The van der Waals surface area contributed by atoms with Gasteiger partial charge in [-0.25, -0.2) is 5.01 Å². The molecular formula is C22H34N4O5. The molecule has 2 atom stereocenters. The molecule has 0 bridgehead atoms. The number of hydrazine groups is 1. The fourth-order valence-electron chi connectivity index (χ4n) is 3.59. The van der Waals surface area contributed by atoms with Gasteiger partial charge in [-0.15, -0.1) is 0 Å². The zero-order valence-electron chi connectivity index (χ0n) is 18.6. The minimum absolute atomic E-state index is 0.292. The third-order valence-electron chi connectivity index (χ3n) is 5.39. The first-order valence-corrected chi connectivity index (χ1v) is 10.7. The monoisotopic (exact) mass is 434 g/mol. The lowest BCUT2D eigenvalue weighted by Crippen LogP contribution is -2.59. The molecule has 0 aliphatic carbocycles. The van der Waals surface area contributed by atoms with E-state index in [4.69, 9.17) is 4.74 Å². The van der Waals surface area contributed by atoms with Crippen LogP contribution in [0.4, 0.5) is 0 Å². The smallest absolute Gasteiger partial charge is 0.324 e. The summed E-state index contributed by atoms with van der Waals surface area (Å²) >= 11 is 0. The Hall–Kier alpha value is -2.49. The van der Waals surface area contributed by atoms with Crippen LogP contribution < -0.4 is 5.32 Å². The second-order valence-corrected chi connectivity index (χ2v) is 7.73. The largest absolute Gasteiger partial charge is 0.480 e. The highest BCUT2D eigenvalue weighted by Crippen LogP contribution is 2.21. The molecule has 2 N–H and O–H groups in total. The van der Waals surface area contributed by atoms with E-state index in [1.54, 1.807) is 18.9 Å². The van der Waals surface area contributed by atoms with Crippen LogP contribution in [0.3, 0.4) is 0 Å². The molecule has 2 rings (SSSR count). The van der Waals surface area contributed by atoms with E-state index in [1.165, 1.54) is 5.01 Å². The molecule has 172 valence electrons. The lowest BCUT2D eigenvalue weighted by atomic mass is 9.95. The molecule has 1 aliphatic rings. The minimum Gasteiger partial charge on any atom is -0.480 e. The molecule has 9 heteroatoms. The normalized spacial score (nSPS) is 17.0. The number of hydrogen-bond acceptors (Lipinski definition) is 7. The number of amides is 1. The molecule has 31 heavy (non-hydrogen) atoms. The highest BCUT2D eigenvalue weighted by Gasteiger charge is 2.30. The van der Waals surface area contributed by atoms with E-state index in [0.29, 0.717) is 32.7 Å². The van der Waals surface area contributed by atoms with Crippen molar-refractivity contribution in [1.82, 2.24) is 20.2 Å². The SMILES string of the molecule is CCOC(=O)C(CCN[C@@H](C)C(=O)N(CC(=O)O)N1CCN(C)CC1)c1ccccc1. The van der Waals surface area contributed by atoms with E-state index in [-0.39, 0.29) is 18.4 Å². The van der Waals surface area contributed by atoms with Gasteiger partial charge < -0.3 is 20.1 Å². The molecule has 1 amide bonds. The first-order valence-electron chi connectivity index (χ1n) is 10.7. The van der Waals surface area contributed by atoms with Crippen molar-refractivity contribution in [2.24, 2.45) is 0 Å². The van der Waals surface area contributed by atoms with E-state index in [2.05, 4.69) is 10.2 Å². The van der Waals surface area contributed by atoms with E-state index in [0.717, 1.165) is 18.7 Å². The summed E-state index contributed by atoms with van der Waals surface area (Å²) in [5.41, 5.74) is 0.867. The maximum atomic E-state index is 13.0. The molecule has 1 aromatic carbocycles. The van der Waals surface area contributed by atoms with Crippen LogP contribution in [0.2, 0.25) is 0 Å². The lowest BCUT2D eigenvalue weighted by molar-refractivity contribution is -0.163. The van der Waals surface area contributed by atoms with Gasteiger partial charge in [0.25, 0.3) is 5.91 Å². The number of nitrogens with zero attached hydrogens (tertiary/aromatic N) is 3. The maximum Gasteiger partial charge on any atom is 0.324 e. The quantitative estimate of drug-likeness (QED) is 0.493. The number of esters is 1. The number of benzene rings is 1. The molecule has 1 fully saturated rings. The third kappa shape index (κ3) is 7.61. The topological polar surface area (TPSA) is 102 Å². The Bertz CT molecular complexity index is 722. The van der Waals surface area contributed by atoms with Crippen LogP contribution in [-0.4, -0.2) is 96.8 Å². The van der Waals surface area contributed by atoms with Crippen molar-refractivity contribution >= 4 is 17.8 Å². The summed E-state index contributed by atoms with van der Waals surface area (Å²) < 4.78 is 5.22. The number of carbonyl (C=O) groups excluding carboxylic acids is 2. The van der Waals surface area contributed by atoms with Gasteiger partial charge in [0.15, 0.2) is 0 Å². The molecule has 1 aromatic rings. The highest BCUT2D eigenvalue weighted by atomic mass is 16.5. The second kappa shape index (κ2) is 12.4. The molecule has 1 heterocycles. The zero-order chi connectivity index (χ0) is 22.8. The fourth-order valence-corrected chi connectivity index (χ4v) is 3.59. The van der Waals surface area contributed by atoms with Crippen LogP contribution >= 0.6 is 0 Å². The Morgan fingerprint density at radius 3 is 2.39 bits per heavy atom. The standard InChI is InChI=1S/C22H34N4O5/c1-4-31-22(30)19(18-8-6-5-7-9-18)10-11-23-17(2)21(29)26(16-20(27)28)25-14-12-24(3)13-15-25/h5-9,17,19,23H,4,10-16H2,1-3H3,(H,27,28)/t17-,19?/m0/s1. The molecule has 0 aromatic heterocycles. The highest BCUT2D eigenvalue weighted by molar-refractivity contribution is 5.84. The lowest BCUT2D eigenvalue weighted by Gasteiger charge is -2.40. The molecular weight excluding hydrogens is 400 g/mol. The third-order valence-corrected chi connectivity index (χ3v) is 5.39. The minimum atomic E-state index is -1.05. The van der Waals surface area contributed by atoms with E-state index >= 15 is 0 Å². The first kappa shape index (κ1) is 24.8. The number of carboxylic acids is 1. The van der Waals surface area contributed by atoms with Crippen molar-refractivity contribution in [3.8, 4) is 0 Å². The Morgan fingerprint density at radius 1 is 1.16 bits per heavy atom. The van der Waals surface area contributed by atoms with Gasteiger partial charge in [-0.2, -0.15) is 0 Å². The van der Waals surface area contributed by atoms with Gasteiger partial charge in [0, 0.05) is 26.2 Å². The predicted molar refractivity (Wildman–Crippen MR) is 116 cm³/mol. The van der Waals surface area contributed by atoms with Crippen LogP contribution in [0, 0.1) is 0 Å². The van der Waals surface area contributed by atoms with Gasteiger partial charge in [-0.05, 0) is 39.4 Å². The average molecular weight is 435 g/mol. The maximum absolute atomic E-state index is 13.0. The van der Waals surface area contributed by atoms with Crippen molar-refractivity contribution < 1.29 is 24.2 Å². The number of piperazine rings is 1. The Kier molecular flexibility index (Phi) is 9.90. The summed E-state index contributed by atoms with van der Waals surface area (Å²) in [5.74, 6) is -2.06. The summed E-state index contributed by atoms with van der Waals surface area (Å²) in [7, 11) is 2.00. The van der Waals surface area contributed by atoms with Gasteiger partial charge in [0.1, 0.15) is 6.54 Å². The van der Waals surface area contributed by atoms with Crippen molar-refractivity contribution in [2.45, 2.75) is 32.2 Å². The van der Waals surface area contributed by atoms with Crippen molar-refractivity contribution in [3.05, 3.63) is 35.9 Å². The molecule has 0 radical (unpaired) electrons. The molecule has 1 unspecified atom stereocenters. The summed E-state index contributed by atoms with van der Waals surface area (Å²) in [4.78, 5) is 38.9. The summed E-state index contributed by atoms with van der Waals surface area (Å²) in [5, 5.41) is 15.6. The number of carboxylic acid groups (broad SMARTS) is 1. The van der Waals surface area contributed by atoms with Crippen LogP contribution in [0.5, 0.6) is 0 Å². The predicted octanol–water partition coefficient (Wildman–Crippen LogP) is 0.777. The number of rotatable bonds is 11. The fraction of sp³-hybridized carbons (Fsp3) is 0.591. The first-order chi connectivity index (χ1) is 14.8. The number of ether oxygens (including phenoxy) is 1. The van der Waals surface area contributed by atoms with E-state index in [9.17, 15) is 19.5 Å². The van der Waals surface area contributed by atoms with Gasteiger partial charge in [0.05, 0.1) is 18.6 Å². The van der Waals surface area contributed by atoms with Crippen LogP contribution in [0.25, 0.3) is 0 Å². The molecule has 1 saturated heterocycles. The van der Waals surface area contributed by atoms with Crippen molar-refractivity contribution in [1.29, 1.82) is 0 Å². The Labute approximate surface area is 183 Å². The number of aliphatic carboxylic acids is 1. The molecule has 0 spiro atoms. The van der Waals surface area contributed by atoms with Crippen LogP contribution in [0.1, 0.15) is 31.7 Å². The number of hydrogen-bond donors (Lipinski definition) is 2. The van der Waals surface area contributed by atoms with Gasteiger partial charge in [0.2, 0.25) is 0 Å². The summed E-state index contributed by atoms with van der Waals surface area (Å²) in [6, 6.07) is 8.83. The van der Waals surface area contributed by atoms with Gasteiger partial charge >= 0.3 is 11.9 Å². The van der Waals surface area contributed by atoms with Gasteiger partial charge in [-0.3, -0.25) is 19.4 Å². The molecule has 9 nitrogen and oxygen atoms in total. The Balaban J connectivity index is 1.97. The van der Waals surface area contributed by atoms with Gasteiger partial charge in [-0.1, -0.05) is 30.3 Å². The van der Waals surface area contributed by atoms with Crippen molar-refractivity contribution in [3.63, 3.8) is 0 Å². The van der Waals surface area contributed by atoms with E-state index in [1.807, 2.05) is 37.4 Å². The van der Waals surface area contributed by atoms with Crippen LogP contribution in [-0.2, 0) is 19.1 Å². The number of likely N-dealkylation sites (N-methyl/N-ethyl adjacent to an activating group) is 1. The zero-order valence-corrected chi connectivity index (χ0v) is 18.6.